The van der Waals surface area contributed by atoms with Crippen molar-refractivity contribution >= 4 is 23.4 Å². The first-order chi connectivity index (χ1) is 11.7. The van der Waals surface area contributed by atoms with Gasteiger partial charge in [0.2, 0.25) is 0 Å². The van der Waals surface area contributed by atoms with E-state index in [1.165, 1.54) is 24.0 Å². The van der Waals surface area contributed by atoms with E-state index in [1.807, 2.05) is 43.5 Å². The molecular formula is C20H24N2OS. The van der Waals surface area contributed by atoms with Crippen LogP contribution in [0.4, 0.5) is 5.69 Å². The maximum Gasteiger partial charge on any atom is 0.256 e. The first kappa shape index (κ1) is 17.1. The third-order valence-corrected chi connectivity index (χ3v) is 5.24. The van der Waals surface area contributed by atoms with E-state index in [-0.39, 0.29) is 5.91 Å². The van der Waals surface area contributed by atoms with Gasteiger partial charge in [0, 0.05) is 17.1 Å². The van der Waals surface area contributed by atoms with E-state index < -0.39 is 0 Å². The summed E-state index contributed by atoms with van der Waals surface area (Å²) >= 11 is 1.61. The van der Waals surface area contributed by atoms with Gasteiger partial charge in [-0.15, -0.1) is 11.8 Å². The van der Waals surface area contributed by atoms with Crippen molar-refractivity contribution in [1.82, 2.24) is 4.90 Å². The number of aryl methyl sites for hydroxylation is 1. The van der Waals surface area contributed by atoms with Gasteiger partial charge in [-0.3, -0.25) is 9.69 Å². The number of likely N-dealkylation sites (tertiary alicyclic amines) is 1. The molecule has 1 aliphatic rings. The predicted molar refractivity (Wildman–Crippen MR) is 102 cm³/mol. The number of carbonyl (C=O) groups excluding carboxylic acids is 1. The molecule has 1 amide bonds. The lowest BCUT2D eigenvalue weighted by atomic mass is 10.1. The topological polar surface area (TPSA) is 32.3 Å². The van der Waals surface area contributed by atoms with Crippen LogP contribution in [0.5, 0.6) is 0 Å². The number of hydrogen-bond acceptors (Lipinski definition) is 3. The summed E-state index contributed by atoms with van der Waals surface area (Å²) in [7, 11) is 0. The Morgan fingerprint density at radius 1 is 1.17 bits per heavy atom. The Morgan fingerprint density at radius 2 is 1.92 bits per heavy atom. The van der Waals surface area contributed by atoms with E-state index in [0.717, 1.165) is 35.8 Å². The standard InChI is InChI=1S/C20H24N2OS/c1-15-9-10-17(19(13-15)24-2)20(23)21-18-8-4-3-7-16(18)14-22-11-5-6-12-22/h3-4,7-10,13H,5-6,11-12,14H2,1-2H3,(H,21,23). The maximum absolute atomic E-state index is 12.8. The number of nitrogens with zero attached hydrogens (tertiary/aromatic N) is 1. The number of para-hydroxylation sites is 1. The van der Waals surface area contributed by atoms with Crippen molar-refractivity contribution in [2.75, 3.05) is 24.7 Å². The molecule has 1 saturated heterocycles. The minimum absolute atomic E-state index is 0.0341. The maximum atomic E-state index is 12.8. The molecule has 0 bridgehead atoms. The molecule has 0 aliphatic carbocycles. The summed E-state index contributed by atoms with van der Waals surface area (Å²) in [5.41, 5.74) is 4.02. The third kappa shape index (κ3) is 4.00. The van der Waals surface area contributed by atoms with Gasteiger partial charge in [-0.2, -0.15) is 0 Å². The molecule has 0 aromatic heterocycles. The number of benzene rings is 2. The fraction of sp³-hybridized carbons (Fsp3) is 0.350. The van der Waals surface area contributed by atoms with E-state index in [4.69, 9.17) is 0 Å². The number of amides is 1. The van der Waals surface area contributed by atoms with Crippen molar-refractivity contribution in [3.63, 3.8) is 0 Å². The van der Waals surface area contributed by atoms with Crippen LogP contribution in [-0.4, -0.2) is 30.2 Å². The van der Waals surface area contributed by atoms with Crippen LogP contribution < -0.4 is 5.32 Å². The molecular weight excluding hydrogens is 316 g/mol. The minimum Gasteiger partial charge on any atom is -0.322 e. The smallest absolute Gasteiger partial charge is 0.256 e. The molecule has 2 aromatic rings. The molecule has 24 heavy (non-hydrogen) atoms. The molecule has 0 radical (unpaired) electrons. The van der Waals surface area contributed by atoms with E-state index in [0.29, 0.717) is 0 Å². The first-order valence-corrected chi connectivity index (χ1v) is 9.66. The van der Waals surface area contributed by atoms with Gasteiger partial charge in [0.1, 0.15) is 0 Å². The van der Waals surface area contributed by atoms with Crippen molar-refractivity contribution in [2.24, 2.45) is 0 Å². The highest BCUT2D eigenvalue weighted by molar-refractivity contribution is 7.98. The third-order valence-electron chi connectivity index (χ3n) is 4.46. The van der Waals surface area contributed by atoms with Gasteiger partial charge < -0.3 is 5.32 Å². The van der Waals surface area contributed by atoms with Crippen molar-refractivity contribution in [2.45, 2.75) is 31.2 Å². The van der Waals surface area contributed by atoms with Gasteiger partial charge in [0.05, 0.1) is 5.56 Å². The minimum atomic E-state index is -0.0341. The van der Waals surface area contributed by atoms with Gasteiger partial charge in [0.25, 0.3) is 5.91 Å². The molecule has 1 N–H and O–H groups in total. The summed E-state index contributed by atoms with van der Waals surface area (Å²) in [5.74, 6) is -0.0341. The fourth-order valence-corrected chi connectivity index (χ4v) is 3.82. The molecule has 0 unspecified atom stereocenters. The second-order valence-electron chi connectivity index (χ2n) is 6.30. The lowest BCUT2D eigenvalue weighted by Gasteiger charge is -2.18. The van der Waals surface area contributed by atoms with Gasteiger partial charge in [-0.05, 0) is 68.4 Å². The van der Waals surface area contributed by atoms with Crippen molar-refractivity contribution in [3.05, 3.63) is 59.2 Å². The molecule has 4 heteroatoms. The Kier molecular flexibility index (Phi) is 5.59. The highest BCUT2D eigenvalue weighted by Crippen LogP contribution is 2.25. The number of rotatable bonds is 5. The van der Waals surface area contributed by atoms with E-state index in [9.17, 15) is 4.79 Å². The number of hydrogen-bond donors (Lipinski definition) is 1. The zero-order chi connectivity index (χ0) is 16.9. The van der Waals surface area contributed by atoms with Crippen LogP contribution in [-0.2, 0) is 6.54 Å². The normalized spacial score (nSPS) is 14.8. The van der Waals surface area contributed by atoms with Crippen LogP contribution in [0.25, 0.3) is 0 Å². The molecule has 2 aromatic carbocycles. The van der Waals surface area contributed by atoms with Crippen LogP contribution in [0.2, 0.25) is 0 Å². The molecule has 3 rings (SSSR count). The molecule has 0 saturated carbocycles. The SMILES string of the molecule is CSc1cc(C)ccc1C(=O)Nc1ccccc1CN1CCCC1. The average Bonchev–Trinajstić information content (AvgIpc) is 3.09. The highest BCUT2D eigenvalue weighted by Gasteiger charge is 2.16. The second kappa shape index (κ2) is 7.86. The Morgan fingerprint density at radius 3 is 2.67 bits per heavy atom. The molecule has 1 heterocycles. The summed E-state index contributed by atoms with van der Waals surface area (Å²) < 4.78 is 0. The fourth-order valence-electron chi connectivity index (χ4n) is 3.14. The van der Waals surface area contributed by atoms with E-state index in [2.05, 4.69) is 22.3 Å². The zero-order valence-corrected chi connectivity index (χ0v) is 15.2. The lowest BCUT2D eigenvalue weighted by Crippen LogP contribution is -2.20. The summed E-state index contributed by atoms with van der Waals surface area (Å²) in [4.78, 5) is 16.2. The Labute approximate surface area is 148 Å². The van der Waals surface area contributed by atoms with Gasteiger partial charge in [-0.25, -0.2) is 0 Å². The molecule has 126 valence electrons. The lowest BCUT2D eigenvalue weighted by molar-refractivity contribution is 0.102. The van der Waals surface area contributed by atoms with E-state index in [1.54, 1.807) is 11.8 Å². The number of nitrogens with one attached hydrogen (secondary N) is 1. The van der Waals surface area contributed by atoms with Crippen molar-refractivity contribution in [3.8, 4) is 0 Å². The van der Waals surface area contributed by atoms with Gasteiger partial charge >= 0.3 is 0 Å². The van der Waals surface area contributed by atoms with Crippen LogP contribution in [0.1, 0.15) is 34.3 Å². The van der Waals surface area contributed by atoms with Crippen LogP contribution in [0.15, 0.2) is 47.4 Å². The first-order valence-electron chi connectivity index (χ1n) is 8.43. The molecule has 3 nitrogen and oxygen atoms in total. The van der Waals surface area contributed by atoms with Crippen LogP contribution >= 0.6 is 11.8 Å². The molecule has 0 spiro atoms. The molecule has 1 aliphatic heterocycles. The largest absolute Gasteiger partial charge is 0.322 e. The Hall–Kier alpha value is -1.78. The number of carbonyl (C=O) groups is 1. The predicted octanol–water partition coefficient (Wildman–Crippen LogP) is 4.57. The second-order valence-corrected chi connectivity index (χ2v) is 7.15. The molecule has 0 atom stereocenters. The number of thioether (sulfide) groups is 1. The van der Waals surface area contributed by atoms with E-state index >= 15 is 0 Å². The van der Waals surface area contributed by atoms with Crippen LogP contribution in [0.3, 0.4) is 0 Å². The van der Waals surface area contributed by atoms with Gasteiger partial charge in [0.15, 0.2) is 0 Å². The van der Waals surface area contributed by atoms with Crippen molar-refractivity contribution < 1.29 is 4.79 Å². The monoisotopic (exact) mass is 340 g/mol. The summed E-state index contributed by atoms with van der Waals surface area (Å²) in [6.07, 6.45) is 4.55. The molecule has 1 fully saturated rings. The highest BCUT2D eigenvalue weighted by atomic mass is 32.2. The quantitative estimate of drug-likeness (QED) is 0.810. The Bertz CT molecular complexity index is 723. The zero-order valence-electron chi connectivity index (χ0n) is 14.3. The summed E-state index contributed by atoms with van der Waals surface area (Å²) in [6, 6.07) is 14.1. The number of anilines is 1. The Balaban J connectivity index is 1.79. The van der Waals surface area contributed by atoms with Gasteiger partial charge in [-0.1, -0.05) is 24.3 Å². The summed E-state index contributed by atoms with van der Waals surface area (Å²) in [6.45, 7) is 5.25. The van der Waals surface area contributed by atoms with Crippen molar-refractivity contribution in [1.29, 1.82) is 0 Å². The average molecular weight is 340 g/mol. The summed E-state index contributed by atoms with van der Waals surface area (Å²) in [5, 5.41) is 3.12. The van der Waals surface area contributed by atoms with Crippen LogP contribution in [0, 0.1) is 6.92 Å².